The number of likely N-dealkylation sites (N-methyl/N-ethyl adjacent to an activating group) is 1. The van der Waals surface area contributed by atoms with Gasteiger partial charge in [-0.3, -0.25) is 0 Å². The van der Waals surface area contributed by atoms with Crippen LogP contribution in [0, 0.1) is 0 Å². The van der Waals surface area contributed by atoms with E-state index in [1.807, 2.05) is 6.20 Å². The van der Waals surface area contributed by atoms with Gasteiger partial charge in [-0.05, 0) is 19.9 Å². The van der Waals surface area contributed by atoms with E-state index in [0.29, 0.717) is 6.04 Å². The van der Waals surface area contributed by atoms with E-state index in [1.54, 1.807) is 0 Å². The van der Waals surface area contributed by atoms with Crippen molar-refractivity contribution in [1.82, 2.24) is 14.9 Å². The van der Waals surface area contributed by atoms with E-state index in [2.05, 4.69) is 27.2 Å². The van der Waals surface area contributed by atoms with Gasteiger partial charge in [0, 0.05) is 37.3 Å². The minimum Gasteiger partial charge on any atom is -0.351 e. The van der Waals surface area contributed by atoms with Crippen LogP contribution < -0.4 is 5.32 Å². The van der Waals surface area contributed by atoms with E-state index in [9.17, 15) is 0 Å². The molecule has 0 saturated heterocycles. The SMILES string of the molecule is CN1CCc2nc(NC3CC3)ncc2C1. The summed E-state index contributed by atoms with van der Waals surface area (Å²) in [7, 11) is 2.14. The number of fused-ring (bicyclic) bond motifs is 1. The maximum absolute atomic E-state index is 4.58. The molecule has 1 aromatic heterocycles. The molecule has 1 aromatic rings. The molecule has 2 aliphatic rings. The van der Waals surface area contributed by atoms with Gasteiger partial charge in [0.25, 0.3) is 0 Å². The first-order valence-corrected chi connectivity index (χ1v) is 5.61. The first kappa shape index (κ1) is 9.09. The van der Waals surface area contributed by atoms with Crippen LogP contribution in [0.2, 0.25) is 0 Å². The molecule has 1 aliphatic carbocycles. The summed E-state index contributed by atoms with van der Waals surface area (Å²) in [5.74, 6) is 0.820. The predicted molar refractivity (Wildman–Crippen MR) is 58.7 cm³/mol. The van der Waals surface area contributed by atoms with E-state index in [1.165, 1.54) is 24.1 Å². The highest BCUT2D eigenvalue weighted by Gasteiger charge is 2.23. The summed E-state index contributed by atoms with van der Waals surface area (Å²) in [5, 5.41) is 3.34. The molecule has 1 aliphatic heterocycles. The van der Waals surface area contributed by atoms with Crippen LogP contribution in [0.1, 0.15) is 24.1 Å². The maximum atomic E-state index is 4.58. The molecular weight excluding hydrogens is 188 g/mol. The van der Waals surface area contributed by atoms with Crippen LogP contribution >= 0.6 is 0 Å². The first-order valence-electron chi connectivity index (χ1n) is 5.61. The molecular formula is C11H16N4. The monoisotopic (exact) mass is 204 g/mol. The fourth-order valence-corrected chi connectivity index (χ4v) is 1.94. The molecule has 15 heavy (non-hydrogen) atoms. The quantitative estimate of drug-likeness (QED) is 0.781. The summed E-state index contributed by atoms with van der Waals surface area (Å²) < 4.78 is 0. The van der Waals surface area contributed by atoms with Crippen molar-refractivity contribution in [2.24, 2.45) is 0 Å². The smallest absolute Gasteiger partial charge is 0.223 e. The molecule has 1 N–H and O–H groups in total. The molecule has 0 aromatic carbocycles. The zero-order valence-electron chi connectivity index (χ0n) is 9.03. The van der Waals surface area contributed by atoms with Gasteiger partial charge in [0.15, 0.2) is 0 Å². The second-order valence-electron chi connectivity index (χ2n) is 4.57. The summed E-state index contributed by atoms with van der Waals surface area (Å²) in [5.41, 5.74) is 2.51. The second-order valence-corrected chi connectivity index (χ2v) is 4.57. The predicted octanol–water partition coefficient (Wildman–Crippen LogP) is 1.04. The van der Waals surface area contributed by atoms with Crippen LogP contribution in [0.25, 0.3) is 0 Å². The fraction of sp³-hybridized carbons (Fsp3) is 0.636. The largest absolute Gasteiger partial charge is 0.351 e. The lowest BCUT2D eigenvalue weighted by Gasteiger charge is -2.23. The molecule has 0 amide bonds. The normalized spacial score (nSPS) is 21.1. The van der Waals surface area contributed by atoms with E-state index in [4.69, 9.17) is 0 Å². The first-order chi connectivity index (χ1) is 7.31. The van der Waals surface area contributed by atoms with Gasteiger partial charge in [0.1, 0.15) is 0 Å². The van der Waals surface area contributed by atoms with Gasteiger partial charge in [-0.15, -0.1) is 0 Å². The Morgan fingerprint density at radius 1 is 1.47 bits per heavy atom. The summed E-state index contributed by atoms with van der Waals surface area (Å²) in [4.78, 5) is 11.2. The van der Waals surface area contributed by atoms with Crippen molar-refractivity contribution in [2.45, 2.75) is 31.8 Å². The number of anilines is 1. The average Bonchev–Trinajstić information content (AvgIpc) is 3.02. The topological polar surface area (TPSA) is 41.1 Å². The van der Waals surface area contributed by atoms with Crippen LogP contribution in [0.5, 0.6) is 0 Å². The van der Waals surface area contributed by atoms with Gasteiger partial charge in [0.2, 0.25) is 5.95 Å². The number of nitrogens with zero attached hydrogens (tertiary/aromatic N) is 3. The highest BCUT2D eigenvalue weighted by Crippen LogP contribution is 2.24. The Morgan fingerprint density at radius 3 is 3.13 bits per heavy atom. The van der Waals surface area contributed by atoms with Crippen LogP contribution in [0.4, 0.5) is 5.95 Å². The summed E-state index contributed by atoms with van der Waals surface area (Å²) in [6.07, 6.45) is 5.56. The summed E-state index contributed by atoms with van der Waals surface area (Å²) in [6.45, 7) is 2.09. The molecule has 0 radical (unpaired) electrons. The van der Waals surface area contributed by atoms with Crippen LogP contribution in [0.3, 0.4) is 0 Å². The van der Waals surface area contributed by atoms with Crippen molar-refractivity contribution in [3.05, 3.63) is 17.5 Å². The van der Waals surface area contributed by atoms with Crippen LogP contribution in [-0.4, -0.2) is 34.5 Å². The molecule has 0 atom stereocenters. The molecule has 0 unspecified atom stereocenters. The van der Waals surface area contributed by atoms with Crippen molar-refractivity contribution >= 4 is 5.95 Å². The number of nitrogens with one attached hydrogen (secondary N) is 1. The molecule has 3 rings (SSSR count). The van der Waals surface area contributed by atoms with Crippen LogP contribution in [0.15, 0.2) is 6.20 Å². The lowest BCUT2D eigenvalue weighted by molar-refractivity contribution is 0.309. The Labute approximate surface area is 89.7 Å². The lowest BCUT2D eigenvalue weighted by atomic mass is 10.1. The Hall–Kier alpha value is -1.16. The number of rotatable bonds is 2. The molecule has 0 bridgehead atoms. The zero-order chi connectivity index (χ0) is 10.3. The minimum absolute atomic E-state index is 0.634. The number of hydrogen-bond donors (Lipinski definition) is 1. The molecule has 0 spiro atoms. The van der Waals surface area contributed by atoms with Gasteiger partial charge in [-0.25, -0.2) is 9.97 Å². The molecule has 2 heterocycles. The van der Waals surface area contributed by atoms with Gasteiger partial charge in [-0.2, -0.15) is 0 Å². The molecule has 80 valence electrons. The zero-order valence-corrected chi connectivity index (χ0v) is 9.03. The van der Waals surface area contributed by atoms with Crippen molar-refractivity contribution in [3.8, 4) is 0 Å². The van der Waals surface area contributed by atoms with Gasteiger partial charge < -0.3 is 10.2 Å². The van der Waals surface area contributed by atoms with Crippen molar-refractivity contribution in [1.29, 1.82) is 0 Å². The minimum atomic E-state index is 0.634. The Kier molecular flexibility index (Phi) is 2.09. The van der Waals surface area contributed by atoms with Crippen molar-refractivity contribution in [2.75, 3.05) is 18.9 Å². The second kappa shape index (κ2) is 3.45. The summed E-state index contributed by atoms with van der Waals surface area (Å²) >= 11 is 0. The Balaban J connectivity index is 1.82. The number of hydrogen-bond acceptors (Lipinski definition) is 4. The fourth-order valence-electron chi connectivity index (χ4n) is 1.94. The molecule has 4 nitrogen and oxygen atoms in total. The highest BCUT2D eigenvalue weighted by atomic mass is 15.2. The van der Waals surface area contributed by atoms with Crippen molar-refractivity contribution < 1.29 is 0 Å². The lowest BCUT2D eigenvalue weighted by Crippen LogP contribution is -2.27. The van der Waals surface area contributed by atoms with Crippen LogP contribution in [-0.2, 0) is 13.0 Å². The molecule has 1 fully saturated rings. The van der Waals surface area contributed by atoms with E-state index in [0.717, 1.165) is 25.5 Å². The van der Waals surface area contributed by atoms with Gasteiger partial charge >= 0.3 is 0 Å². The summed E-state index contributed by atoms with van der Waals surface area (Å²) in [6, 6.07) is 0.634. The third kappa shape index (κ3) is 1.95. The third-order valence-electron chi connectivity index (χ3n) is 3.04. The highest BCUT2D eigenvalue weighted by molar-refractivity contribution is 5.33. The molecule has 1 saturated carbocycles. The standard InChI is InChI=1S/C11H16N4/c1-15-5-4-10-8(7-15)6-12-11(14-10)13-9-2-3-9/h6,9H,2-5,7H2,1H3,(H,12,13,14). The van der Waals surface area contributed by atoms with E-state index < -0.39 is 0 Å². The van der Waals surface area contributed by atoms with Gasteiger partial charge in [0.05, 0.1) is 5.69 Å². The van der Waals surface area contributed by atoms with E-state index in [-0.39, 0.29) is 0 Å². The number of aromatic nitrogens is 2. The van der Waals surface area contributed by atoms with Gasteiger partial charge in [-0.1, -0.05) is 0 Å². The van der Waals surface area contributed by atoms with Crippen molar-refractivity contribution in [3.63, 3.8) is 0 Å². The maximum Gasteiger partial charge on any atom is 0.223 e. The molecule has 4 heteroatoms. The average molecular weight is 204 g/mol. The Bertz CT molecular complexity index is 373. The Morgan fingerprint density at radius 2 is 2.33 bits per heavy atom. The van der Waals surface area contributed by atoms with E-state index >= 15 is 0 Å². The third-order valence-corrected chi connectivity index (χ3v) is 3.04.